The number of hydrogen-bond donors (Lipinski definition) is 1. The molecule has 2 bridgehead atoms. The van der Waals surface area contributed by atoms with Crippen molar-refractivity contribution in [2.75, 3.05) is 13.1 Å². The summed E-state index contributed by atoms with van der Waals surface area (Å²) in [7, 11) is -3.90. The number of likely N-dealkylation sites (tertiary alicyclic amines) is 1. The Hall–Kier alpha value is -2.33. The van der Waals surface area contributed by atoms with E-state index in [0.717, 1.165) is 12.8 Å². The largest absolute Gasteiger partial charge is 0.336 e. The molecule has 3 aliphatic rings. The van der Waals surface area contributed by atoms with Crippen LogP contribution < -0.4 is 0 Å². The Balaban J connectivity index is 1.42. The third-order valence-corrected chi connectivity index (χ3v) is 8.11. The van der Waals surface area contributed by atoms with Crippen molar-refractivity contribution in [1.29, 1.82) is 0 Å². The topological polar surface area (TPSA) is 99.3 Å². The van der Waals surface area contributed by atoms with Crippen molar-refractivity contribution >= 4 is 15.9 Å². The number of carbonyl (C=O) groups is 1. The van der Waals surface area contributed by atoms with Crippen molar-refractivity contribution in [3.63, 3.8) is 0 Å². The van der Waals surface area contributed by atoms with Gasteiger partial charge in [0, 0.05) is 25.2 Å². The molecule has 8 nitrogen and oxygen atoms in total. The van der Waals surface area contributed by atoms with Gasteiger partial charge in [-0.05, 0) is 36.8 Å². The monoisotopic (exact) mass is 391 g/mol. The molecule has 10 heteroatoms. The number of carbonyl (C=O) groups excluding carboxylic acids is 1. The molecular weight excluding hydrogens is 373 g/mol. The summed E-state index contributed by atoms with van der Waals surface area (Å²) in [6.45, 7) is 0.974. The van der Waals surface area contributed by atoms with E-state index in [0.29, 0.717) is 13.1 Å². The molecule has 0 spiro atoms. The Kier molecular flexibility index (Phi) is 3.63. The molecule has 0 radical (unpaired) electrons. The zero-order valence-electron chi connectivity index (χ0n) is 14.3. The lowest BCUT2D eigenvalue weighted by Crippen LogP contribution is -2.41. The lowest BCUT2D eigenvalue weighted by Gasteiger charge is -2.26. The molecule has 4 heterocycles. The minimum absolute atomic E-state index is 0.0705. The van der Waals surface area contributed by atoms with E-state index in [9.17, 15) is 17.6 Å². The maximum Gasteiger partial charge on any atom is 0.276 e. The molecule has 2 aromatic rings. The Labute approximate surface area is 155 Å². The highest BCUT2D eigenvalue weighted by Gasteiger charge is 2.61. The summed E-state index contributed by atoms with van der Waals surface area (Å²) in [5.41, 5.74) is 0.262. The van der Waals surface area contributed by atoms with Gasteiger partial charge in [0.15, 0.2) is 5.69 Å². The first-order chi connectivity index (χ1) is 13.0. The second-order valence-corrected chi connectivity index (χ2v) is 9.19. The van der Waals surface area contributed by atoms with Gasteiger partial charge in [-0.1, -0.05) is 17.3 Å². The highest BCUT2D eigenvalue weighted by molar-refractivity contribution is 7.89. The van der Waals surface area contributed by atoms with Gasteiger partial charge in [-0.2, -0.15) is 4.31 Å². The first kappa shape index (κ1) is 16.8. The smallest absolute Gasteiger partial charge is 0.276 e. The summed E-state index contributed by atoms with van der Waals surface area (Å²) in [4.78, 5) is 14.0. The van der Waals surface area contributed by atoms with Gasteiger partial charge in [-0.3, -0.25) is 9.89 Å². The van der Waals surface area contributed by atoms with Crippen LogP contribution in [0.2, 0.25) is 0 Å². The molecule has 3 aliphatic heterocycles. The summed E-state index contributed by atoms with van der Waals surface area (Å²) in [6.07, 6.45) is 2.94. The van der Waals surface area contributed by atoms with Gasteiger partial charge in [0.05, 0.1) is 6.20 Å². The molecule has 3 fully saturated rings. The van der Waals surface area contributed by atoms with E-state index < -0.39 is 15.8 Å². The van der Waals surface area contributed by atoms with Crippen LogP contribution in [-0.2, 0) is 10.0 Å². The van der Waals surface area contributed by atoms with Gasteiger partial charge in [0.2, 0.25) is 10.0 Å². The van der Waals surface area contributed by atoms with Crippen LogP contribution in [0, 0.1) is 17.7 Å². The molecule has 27 heavy (non-hydrogen) atoms. The van der Waals surface area contributed by atoms with E-state index >= 15 is 0 Å². The third-order valence-electron chi connectivity index (χ3n) is 6.13. The van der Waals surface area contributed by atoms with Crippen LogP contribution in [-0.4, -0.2) is 64.1 Å². The van der Waals surface area contributed by atoms with Crippen LogP contribution in [0.4, 0.5) is 4.39 Å². The molecule has 1 amide bonds. The molecule has 5 rings (SSSR count). The second-order valence-electron chi connectivity index (χ2n) is 7.37. The first-order valence-electron chi connectivity index (χ1n) is 8.92. The Morgan fingerprint density at radius 3 is 2.41 bits per heavy atom. The highest BCUT2D eigenvalue weighted by Crippen LogP contribution is 2.51. The van der Waals surface area contributed by atoms with Gasteiger partial charge in [-0.15, -0.1) is 5.10 Å². The van der Waals surface area contributed by atoms with Crippen LogP contribution in [0.5, 0.6) is 0 Å². The third kappa shape index (κ3) is 2.36. The fraction of sp³-hybridized carbons (Fsp3) is 0.471. The lowest BCUT2D eigenvalue weighted by molar-refractivity contribution is 0.0767. The number of fused-ring (bicyclic) bond motifs is 5. The number of hydrogen-bond acceptors (Lipinski definition) is 5. The molecule has 0 aliphatic carbocycles. The minimum Gasteiger partial charge on any atom is -0.336 e. The number of aromatic nitrogens is 3. The van der Waals surface area contributed by atoms with Crippen LogP contribution in [0.1, 0.15) is 23.3 Å². The van der Waals surface area contributed by atoms with Crippen molar-refractivity contribution < 1.29 is 17.6 Å². The zero-order chi connectivity index (χ0) is 18.8. The van der Waals surface area contributed by atoms with Gasteiger partial charge in [-0.25, -0.2) is 12.8 Å². The number of nitrogens with zero attached hydrogens (tertiary/aromatic N) is 4. The minimum atomic E-state index is -3.90. The Morgan fingerprint density at radius 1 is 1.15 bits per heavy atom. The Morgan fingerprint density at radius 2 is 1.81 bits per heavy atom. The van der Waals surface area contributed by atoms with Crippen molar-refractivity contribution in [1.82, 2.24) is 24.6 Å². The predicted octanol–water partition coefficient (Wildman–Crippen LogP) is 0.867. The van der Waals surface area contributed by atoms with E-state index in [4.69, 9.17) is 0 Å². The summed E-state index contributed by atoms with van der Waals surface area (Å²) < 4.78 is 41.9. The fourth-order valence-corrected chi connectivity index (χ4v) is 7.10. The van der Waals surface area contributed by atoms with Crippen molar-refractivity contribution in [3.8, 4) is 0 Å². The average molecular weight is 391 g/mol. The SMILES string of the molecule is O=C(c1c[nH]nn1)N1C[C@@H]2[C@H](C1)[C@@H]1CC[C@H]2N1S(=O)(=O)c1ccccc1F. The number of sulfonamides is 1. The molecule has 1 aromatic heterocycles. The first-order valence-corrected chi connectivity index (χ1v) is 10.4. The van der Waals surface area contributed by atoms with Crippen molar-refractivity contribution in [2.45, 2.75) is 29.8 Å². The number of halogens is 1. The fourth-order valence-electron chi connectivity index (χ4n) is 5.07. The average Bonchev–Trinajstić information content (AvgIpc) is 3.42. The quantitative estimate of drug-likeness (QED) is 0.837. The number of rotatable bonds is 3. The summed E-state index contributed by atoms with van der Waals surface area (Å²) >= 11 is 0. The lowest BCUT2D eigenvalue weighted by atomic mass is 9.82. The summed E-state index contributed by atoms with van der Waals surface area (Å²) in [5, 5.41) is 9.87. The van der Waals surface area contributed by atoms with Crippen molar-refractivity contribution in [2.24, 2.45) is 11.8 Å². The number of aromatic amines is 1. The van der Waals surface area contributed by atoms with Gasteiger partial charge < -0.3 is 4.90 Å². The van der Waals surface area contributed by atoms with Crippen LogP contribution in [0.25, 0.3) is 0 Å². The predicted molar refractivity (Wildman–Crippen MR) is 91.5 cm³/mol. The maximum atomic E-state index is 14.2. The van der Waals surface area contributed by atoms with Crippen LogP contribution in [0.15, 0.2) is 35.4 Å². The molecular formula is C17H18FN5O3S. The molecule has 1 N–H and O–H groups in total. The molecule has 142 valence electrons. The van der Waals surface area contributed by atoms with Gasteiger partial charge >= 0.3 is 0 Å². The normalized spacial score (nSPS) is 30.0. The van der Waals surface area contributed by atoms with Crippen LogP contribution >= 0.6 is 0 Å². The van der Waals surface area contributed by atoms with E-state index in [2.05, 4.69) is 15.4 Å². The van der Waals surface area contributed by atoms with Crippen LogP contribution in [0.3, 0.4) is 0 Å². The number of nitrogens with one attached hydrogen (secondary N) is 1. The van der Waals surface area contributed by atoms with E-state index in [1.54, 1.807) is 4.90 Å². The summed E-state index contributed by atoms with van der Waals surface area (Å²) in [6, 6.07) is 5.12. The highest BCUT2D eigenvalue weighted by atomic mass is 32.2. The molecule has 1 aromatic carbocycles. The molecule has 0 unspecified atom stereocenters. The molecule has 0 saturated carbocycles. The number of amides is 1. The molecule has 4 atom stereocenters. The van der Waals surface area contributed by atoms with Gasteiger partial charge in [0.25, 0.3) is 5.91 Å². The maximum absolute atomic E-state index is 14.2. The molecule has 3 saturated heterocycles. The van der Waals surface area contributed by atoms with E-state index in [1.165, 1.54) is 34.8 Å². The number of benzene rings is 1. The Bertz CT molecular complexity index is 976. The van der Waals surface area contributed by atoms with Gasteiger partial charge in [0.1, 0.15) is 10.7 Å². The van der Waals surface area contributed by atoms with Crippen molar-refractivity contribution in [3.05, 3.63) is 42.0 Å². The standard InChI is InChI=1S/C17H18FN5O3S/c18-12-3-1-2-4-16(12)27(25,26)23-14-5-6-15(23)11-9-22(8-10(11)14)17(24)13-7-19-21-20-13/h1-4,7,10-11,14-15H,5-6,8-9H2,(H,19,20,21)/t10-,11+,14-,15+. The second kappa shape index (κ2) is 5.83. The zero-order valence-corrected chi connectivity index (χ0v) is 15.1. The van der Waals surface area contributed by atoms with E-state index in [1.807, 2.05) is 0 Å². The number of H-pyrrole nitrogens is 1. The van der Waals surface area contributed by atoms with E-state index in [-0.39, 0.29) is 40.4 Å². The summed E-state index contributed by atoms with van der Waals surface area (Å²) in [5.74, 6) is -0.778.